The SMILES string of the molecule is C=CC1=C(C)/C(=C\c2[nH]c(Cc3[nH]c(/C=C4/NC(=O)C(C)=C4C=C)c(C)c3CCC(=O)O)c(CCC(=O)O[C@@H]3O[C@H](C(=O)O)[C@@H](O)[C@H](O)[C@H]3O)c2C)NC1=O. The summed E-state index contributed by atoms with van der Waals surface area (Å²) in [5.74, 6) is -4.08. The molecule has 55 heavy (non-hydrogen) atoms. The number of aliphatic hydroxyl groups is 3. The number of aliphatic hydroxyl groups excluding tert-OH is 3. The first-order chi connectivity index (χ1) is 26.0. The van der Waals surface area contributed by atoms with E-state index in [1.54, 1.807) is 32.1 Å². The van der Waals surface area contributed by atoms with Gasteiger partial charge in [0.2, 0.25) is 6.29 Å². The maximum Gasteiger partial charge on any atom is 0.335 e. The van der Waals surface area contributed by atoms with Crippen LogP contribution in [0.4, 0.5) is 0 Å². The summed E-state index contributed by atoms with van der Waals surface area (Å²) < 4.78 is 10.3. The second-order valence-electron chi connectivity index (χ2n) is 13.5. The Morgan fingerprint density at radius 2 is 1.29 bits per heavy atom. The fourth-order valence-corrected chi connectivity index (χ4v) is 6.94. The predicted molar refractivity (Wildman–Crippen MR) is 197 cm³/mol. The van der Waals surface area contributed by atoms with Gasteiger partial charge >= 0.3 is 17.9 Å². The summed E-state index contributed by atoms with van der Waals surface area (Å²) in [6, 6.07) is 0. The Morgan fingerprint density at radius 1 is 0.745 bits per heavy atom. The number of carboxylic acid groups (broad SMARTS) is 2. The molecule has 0 aromatic carbocycles. The quantitative estimate of drug-likeness (QED) is 0.125. The van der Waals surface area contributed by atoms with Gasteiger partial charge in [-0.1, -0.05) is 25.3 Å². The molecule has 3 aliphatic heterocycles. The van der Waals surface area contributed by atoms with Gasteiger partial charge in [0, 0.05) is 64.5 Å². The fraction of sp³-hybridized carbons (Fsp3) is 0.359. The van der Waals surface area contributed by atoms with Gasteiger partial charge in [0.25, 0.3) is 11.8 Å². The van der Waals surface area contributed by atoms with E-state index in [0.29, 0.717) is 67.6 Å². The highest BCUT2D eigenvalue weighted by atomic mass is 16.7. The number of hydrogen-bond acceptors (Lipinski definition) is 10. The zero-order chi connectivity index (χ0) is 40.5. The molecular formula is C39H44N4O12. The van der Waals surface area contributed by atoms with Crippen LogP contribution in [0.2, 0.25) is 0 Å². The van der Waals surface area contributed by atoms with E-state index in [9.17, 15) is 49.5 Å². The number of hydrogen-bond donors (Lipinski definition) is 9. The largest absolute Gasteiger partial charge is 0.481 e. The Balaban J connectivity index is 1.51. The summed E-state index contributed by atoms with van der Waals surface area (Å²) in [5.41, 5.74) is 8.76. The van der Waals surface area contributed by atoms with Crippen molar-refractivity contribution in [1.82, 2.24) is 20.6 Å². The van der Waals surface area contributed by atoms with Crippen LogP contribution >= 0.6 is 0 Å². The molecule has 16 heteroatoms. The van der Waals surface area contributed by atoms with Gasteiger partial charge in [-0.15, -0.1) is 0 Å². The van der Waals surface area contributed by atoms with E-state index < -0.39 is 48.6 Å². The van der Waals surface area contributed by atoms with Crippen LogP contribution in [-0.4, -0.2) is 95.9 Å². The third-order valence-electron chi connectivity index (χ3n) is 10.2. The minimum Gasteiger partial charge on any atom is -0.481 e. The molecule has 2 aromatic rings. The van der Waals surface area contributed by atoms with Gasteiger partial charge in [0.05, 0.1) is 5.70 Å². The summed E-state index contributed by atoms with van der Waals surface area (Å²) in [4.78, 5) is 68.1. The number of H-pyrrole nitrogens is 2. The van der Waals surface area contributed by atoms with Crippen molar-refractivity contribution in [2.24, 2.45) is 0 Å². The standard InChI is InChI=1S/C39H44N4O12/c1-7-20-19(6)36(50)43-27(20)14-25-17(4)22(9-11-30(44)45)28(41-25)15-29-23(18(5)24(40-29)13-26-16(3)21(8-2)37(51)42-26)10-12-31(46)54-39-34(49)32(47)33(48)35(55-39)38(52)53/h7-8,13-14,32-35,39-41,47-49H,1-2,9-12,15H2,3-6H3,(H,42,51)(H,43,50)(H,44,45)(H,52,53)/b26-13+,27-14+/t32-,33-,34+,35-,39+/m0/s1. The van der Waals surface area contributed by atoms with Crippen LogP contribution in [0.15, 0.2) is 59.0 Å². The minimum atomic E-state index is -1.96. The van der Waals surface area contributed by atoms with Gasteiger partial charge in [-0.2, -0.15) is 0 Å². The molecule has 0 spiro atoms. The molecule has 5 heterocycles. The molecule has 16 nitrogen and oxygen atoms in total. The summed E-state index contributed by atoms with van der Waals surface area (Å²) in [5, 5.41) is 55.1. The molecule has 0 aliphatic carbocycles. The zero-order valence-electron chi connectivity index (χ0n) is 30.7. The van der Waals surface area contributed by atoms with E-state index in [2.05, 4.69) is 33.8 Å². The molecule has 292 valence electrons. The molecular weight excluding hydrogens is 716 g/mol. The van der Waals surface area contributed by atoms with Crippen LogP contribution in [0.25, 0.3) is 12.2 Å². The Kier molecular flexibility index (Phi) is 12.0. The molecule has 1 fully saturated rings. The average Bonchev–Trinajstić information content (AvgIpc) is 3.78. The van der Waals surface area contributed by atoms with Crippen LogP contribution in [0.3, 0.4) is 0 Å². The molecule has 2 aromatic heterocycles. The monoisotopic (exact) mass is 760 g/mol. The number of amides is 2. The van der Waals surface area contributed by atoms with E-state index in [-0.39, 0.29) is 43.9 Å². The van der Waals surface area contributed by atoms with Gasteiger partial charge < -0.3 is 55.6 Å². The molecule has 1 saturated heterocycles. The van der Waals surface area contributed by atoms with Gasteiger partial charge in [-0.3, -0.25) is 19.2 Å². The van der Waals surface area contributed by atoms with Crippen molar-refractivity contribution in [3.8, 4) is 0 Å². The normalized spacial score (nSPS) is 24.1. The summed E-state index contributed by atoms with van der Waals surface area (Å²) in [7, 11) is 0. The first-order valence-corrected chi connectivity index (χ1v) is 17.4. The lowest BCUT2D eigenvalue weighted by Crippen LogP contribution is -2.60. The number of aromatic nitrogens is 2. The summed E-state index contributed by atoms with van der Waals surface area (Å²) in [6.45, 7) is 14.7. The number of nitrogens with one attached hydrogen (secondary N) is 4. The number of carboxylic acids is 2. The van der Waals surface area contributed by atoms with Gasteiger partial charge in [0.1, 0.15) is 18.3 Å². The van der Waals surface area contributed by atoms with Crippen molar-refractivity contribution < 1.29 is 59.0 Å². The number of aromatic amines is 2. The van der Waals surface area contributed by atoms with Crippen LogP contribution in [-0.2, 0) is 52.7 Å². The predicted octanol–water partition coefficient (Wildman–Crippen LogP) is 1.88. The Bertz CT molecular complexity index is 2110. The maximum absolute atomic E-state index is 13.1. The number of ether oxygens (including phenoxy) is 2. The van der Waals surface area contributed by atoms with Gasteiger partial charge in [0.15, 0.2) is 6.10 Å². The van der Waals surface area contributed by atoms with Gasteiger partial charge in [-0.05, 0) is 80.5 Å². The highest BCUT2D eigenvalue weighted by Crippen LogP contribution is 2.32. The first kappa shape index (κ1) is 40.4. The second-order valence-corrected chi connectivity index (χ2v) is 13.5. The van der Waals surface area contributed by atoms with E-state index in [0.717, 1.165) is 11.1 Å². The van der Waals surface area contributed by atoms with E-state index in [1.807, 2.05) is 13.8 Å². The number of rotatable bonds is 14. The van der Waals surface area contributed by atoms with Crippen molar-refractivity contribution in [1.29, 1.82) is 0 Å². The molecule has 0 radical (unpaired) electrons. The van der Waals surface area contributed by atoms with Crippen molar-refractivity contribution in [2.75, 3.05) is 0 Å². The Morgan fingerprint density at radius 3 is 1.82 bits per heavy atom. The summed E-state index contributed by atoms with van der Waals surface area (Å²) in [6.07, 6.45) is -3.07. The Hall–Kier alpha value is -5.81. The topological polar surface area (TPSA) is 261 Å². The number of carbonyl (C=O) groups is 5. The van der Waals surface area contributed by atoms with Crippen molar-refractivity contribution in [3.05, 3.63) is 104 Å². The van der Waals surface area contributed by atoms with Crippen LogP contribution < -0.4 is 10.6 Å². The molecule has 0 saturated carbocycles. The molecule has 9 N–H and O–H groups in total. The van der Waals surface area contributed by atoms with E-state index >= 15 is 0 Å². The lowest BCUT2D eigenvalue weighted by molar-refractivity contribution is -0.286. The molecule has 3 aliphatic rings. The molecule has 0 unspecified atom stereocenters. The third kappa shape index (κ3) is 8.17. The minimum absolute atomic E-state index is 0.0645. The van der Waals surface area contributed by atoms with Crippen molar-refractivity contribution in [2.45, 2.75) is 90.5 Å². The number of aliphatic carboxylic acids is 2. The lowest BCUT2D eigenvalue weighted by atomic mass is 9.98. The second kappa shape index (κ2) is 16.3. The van der Waals surface area contributed by atoms with Crippen molar-refractivity contribution >= 4 is 41.9 Å². The van der Waals surface area contributed by atoms with Gasteiger partial charge in [-0.25, -0.2) is 4.79 Å². The Labute approximate surface area is 315 Å². The highest BCUT2D eigenvalue weighted by Gasteiger charge is 2.48. The maximum atomic E-state index is 13.1. The number of esters is 1. The highest BCUT2D eigenvalue weighted by molar-refractivity contribution is 6.03. The van der Waals surface area contributed by atoms with E-state index in [4.69, 9.17) is 9.47 Å². The van der Waals surface area contributed by atoms with Crippen LogP contribution in [0.5, 0.6) is 0 Å². The lowest BCUT2D eigenvalue weighted by Gasteiger charge is -2.37. The van der Waals surface area contributed by atoms with Crippen molar-refractivity contribution in [3.63, 3.8) is 0 Å². The number of allylic oxidation sites excluding steroid dienone is 2. The smallest absolute Gasteiger partial charge is 0.335 e. The average molecular weight is 761 g/mol. The zero-order valence-corrected chi connectivity index (χ0v) is 30.7. The third-order valence-corrected chi connectivity index (χ3v) is 10.2. The molecule has 2 amide bonds. The first-order valence-electron chi connectivity index (χ1n) is 17.4. The molecule has 5 rings (SSSR count). The molecule has 0 bridgehead atoms. The summed E-state index contributed by atoms with van der Waals surface area (Å²) >= 11 is 0. The van der Waals surface area contributed by atoms with Crippen LogP contribution in [0, 0.1) is 13.8 Å². The number of carbonyl (C=O) groups excluding carboxylic acids is 3. The van der Waals surface area contributed by atoms with E-state index in [1.165, 1.54) is 6.08 Å². The molecule has 5 atom stereocenters. The fourth-order valence-electron chi connectivity index (χ4n) is 6.94. The van der Waals surface area contributed by atoms with Crippen LogP contribution in [0.1, 0.15) is 71.7 Å².